The molecule has 0 bridgehead atoms. The quantitative estimate of drug-likeness (QED) is 0.588. The van der Waals surface area contributed by atoms with Crippen molar-refractivity contribution in [1.82, 2.24) is 20.2 Å². The number of amides is 1. The molecule has 0 saturated carbocycles. The molecule has 1 amide bonds. The predicted octanol–water partition coefficient (Wildman–Crippen LogP) is 4.27. The van der Waals surface area contributed by atoms with Crippen molar-refractivity contribution in [2.45, 2.75) is 76.5 Å². The van der Waals surface area contributed by atoms with Gasteiger partial charge >= 0.3 is 0 Å². The van der Waals surface area contributed by atoms with E-state index >= 15 is 4.39 Å². The van der Waals surface area contributed by atoms with Crippen LogP contribution >= 0.6 is 24.8 Å². The van der Waals surface area contributed by atoms with Crippen LogP contribution in [-0.2, 0) is 4.79 Å². The van der Waals surface area contributed by atoms with Gasteiger partial charge in [-0.05, 0) is 57.6 Å². The number of carbonyl (C=O) groups is 1. The molecule has 204 valence electrons. The number of halogens is 3. The molecule has 2 N–H and O–H groups in total. The molecule has 0 spiro atoms. The zero-order valence-corrected chi connectivity index (χ0v) is 23.5. The van der Waals surface area contributed by atoms with Gasteiger partial charge in [-0.2, -0.15) is 0 Å². The lowest BCUT2D eigenvalue weighted by Crippen LogP contribution is -2.53. The first kappa shape index (κ1) is 29.6. The maximum absolute atomic E-state index is 15.1. The summed E-state index contributed by atoms with van der Waals surface area (Å²) in [6.07, 6.45) is 3.43. The van der Waals surface area contributed by atoms with Crippen LogP contribution in [0.3, 0.4) is 0 Å². The molecule has 1 aromatic carbocycles. The fourth-order valence-electron chi connectivity index (χ4n) is 6.11. The van der Waals surface area contributed by atoms with E-state index in [1.54, 1.807) is 6.07 Å². The van der Waals surface area contributed by atoms with E-state index < -0.39 is 12.0 Å². The highest BCUT2D eigenvalue weighted by Gasteiger charge is 2.42. The second kappa shape index (κ2) is 11.4. The number of rotatable bonds is 4. The summed E-state index contributed by atoms with van der Waals surface area (Å²) < 4.78 is 15.1. The highest BCUT2D eigenvalue weighted by Crippen LogP contribution is 2.43. The molecule has 1 aromatic heterocycles. The number of nitrogens with one attached hydrogen (secondary N) is 1. The SMILES string of the molecule is Cc1ccc(C(C(=O)N2CCN(c3ncnc4c3[C@H](C)C[C@H]4O)CC2)C2CCC(C)(C)N2)c(F)c1.Cl.Cl. The third-order valence-corrected chi connectivity index (χ3v) is 7.99. The number of aliphatic hydroxyl groups excluding tert-OH is 1. The first-order chi connectivity index (χ1) is 16.6. The molecule has 4 atom stereocenters. The Labute approximate surface area is 231 Å². The van der Waals surface area contributed by atoms with Crippen molar-refractivity contribution in [3.8, 4) is 0 Å². The molecule has 2 aliphatic heterocycles. The maximum atomic E-state index is 15.1. The van der Waals surface area contributed by atoms with E-state index in [0.717, 1.165) is 35.5 Å². The van der Waals surface area contributed by atoms with Gasteiger partial charge in [0.15, 0.2) is 0 Å². The van der Waals surface area contributed by atoms with Crippen LogP contribution in [0.1, 0.15) is 80.4 Å². The lowest BCUT2D eigenvalue weighted by Gasteiger charge is -2.39. The third-order valence-electron chi connectivity index (χ3n) is 7.99. The summed E-state index contributed by atoms with van der Waals surface area (Å²) in [5.74, 6) is 0.187. The minimum Gasteiger partial charge on any atom is -0.387 e. The van der Waals surface area contributed by atoms with Crippen molar-refractivity contribution in [2.75, 3.05) is 31.1 Å². The molecule has 7 nitrogen and oxygen atoms in total. The van der Waals surface area contributed by atoms with Gasteiger partial charge in [-0.15, -0.1) is 24.8 Å². The van der Waals surface area contributed by atoms with Gasteiger partial charge in [0.25, 0.3) is 0 Å². The highest BCUT2D eigenvalue weighted by molar-refractivity contribution is 5.86. The van der Waals surface area contributed by atoms with Crippen molar-refractivity contribution in [1.29, 1.82) is 0 Å². The fraction of sp³-hybridized carbons (Fsp3) is 0.593. The largest absolute Gasteiger partial charge is 0.387 e. The topological polar surface area (TPSA) is 81.6 Å². The standard InChI is InChI=1S/C27H36FN5O2.2ClH/c1-16-5-6-18(19(28)13-16)23(20-7-8-27(3,4)31-20)26(35)33-11-9-32(10-12-33)25-22-17(2)14-21(34)24(22)29-15-30-25;;/h5-6,13,15,17,20-21,23,31,34H,7-12,14H2,1-4H3;2*1H/t17-,20?,21-,23?;;/m1../s1. The predicted molar refractivity (Wildman–Crippen MR) is 147 cm³/mol. The van der Waals surface area contributed by atoms with E-state index in [4.69, 9.17) is 0 Å². The highest BCUT2D eigenvalue weighted by atomic mass is 35.5. The second-order valence-corrected chi connectivity index (χ2v) is 11.1. The number of aliphatic hydroxyl groups is 1. The molecule has 2 saturated heterocycles. The van der Waals surface area contributed by atoms with Gasteiger partial charge < -0.3 is 20.2 Å². The molecule has 0 radical (unpaired) electrons. The molecule has 3 aliphatic rings. The van der Waals surface area contributed by atoms with Gasteiger partial charge in [-0.3, -0.25) is 4.79 Å². The van der Waals surface area contributed by atoms with Crippen LogP contribution in [0.15, 0.2) is 24.5 Å². The van der Waals surface area contributed by atoms with Crippen LogP contribution in [0.4, 0.5) is 10.2 Å². The molecular formula is C27H38Cl2FN5O2. The molecule has 10 heteroatoms. The summed E-state index contributed by atoms with van der Waals surface area (Å²) in [5.41, 5.74) is 3.01. The van der Waals surface area contributed by atoms with E-state index in [1.807, 2.05) is 17.9 Å². The average molecular weight is 555 g/mol. The Morgan fingerprint density at radius 1 is 1.19 bits per heavy atom. The van der Waals surface area contributed by atoms with Crippen molar-refractivity contribution < 1.29 is 14.3 Å². The van der Waals surface area contributed by atoms with Gasteiger partial charge in [0.05, 0.1) is 17.7 Å². The number of benzene rings is 1. The number of hydrogen-bond donors (Lipinski definition) is 2. The zero-order valence-electron chi connectivity index (χ0n) is 21.9. The Bertz CT molecular complexity index is 1130. The number of aromatic nitrogens is 2. The number of hydrogen-bond acceptors (Lipinski definition) is 6. The number of anilines is 1. The number of nitrogens with zero attached hydrogens (tertiary/aromatic N) is 4. The molecule has 3 heterocycles. The Balaban J connectivity index is 0.00000190. The van der Waals surface area contributed by atoms with Crippen LogP contribution in [0.5, 0.6) is 0 Å². The lowest BCUT2D eigenvalue weighted by atomic mass is 9.88. The van der Waals surface area contributed by atoms with E-state index in [0.29, 0.717) is 38.2 Å². The van der Waals surface area contributed by atoms with Crippen LogP contribution in [0.2, 0.25) is 0 Å². The van der Waals surface area contributed by atoms with Gasteiger partial charge in [-0.1, -0.05) is 19.1 Å². The number of fused-ring (bicyclic) bond motifs is 1. The average Bonchev–Trinajstić information content (AvgIpc) is 3.33. The minimum absolute atomic E-state index is 0. The van der Waals surface area contributed by atoms with Crippen LogP contribution in [0, 0.1) is 12.7 Å². The first-order valence-electron chi connectivity index (χ1n) is 12.7. The molecule has 37 heavy (non-hydrogen) atoms. The summed E-state index contributed by atoms with van der Waals surface area (Å²) in [6, 6.07) is 5.11. The smallest absolute Gasteiger partial charge is 0.231 e. The van der Waals surface area contributed by atoms with Crippen LogP contribution in [-0.4, -0.2) is 63.6 Å². The Morgan fingerprint density at radius 3 is 2.51 bits per heavy atom. The van der Waals surface area contributed by atoms with Gasteiger partial charge in [0.2, 0.25) is 5.91 Å². The van der Waals surface area contributed by atoms with Crippen molar-refractivity contribution >= 4 is 36.5 Å². The summed E-state index contributed by atoms with van der Waals surface area (Å²) in [4.78, 5) is 26.8. The molecule has 2 fully saturated rings. The Morgan fingerprint density at radius 2 is 1.89 bits per heavy atom. The molecule has 2 aromatic rings. The Kier molecular flexibility index (Phi) is 9.10. The monoisotopic (exact) mass is 553 g/mol. The van der Waals surface area contributed by atoms with E-state index in [-0.39, 0.29) is 54.0 Å². The summed E-state index contributed by atoms with van der Waals surface area (Å²) in [5, 5.41) is 13.9. The van der Waals surface area contributed by atoms with Crippen molar-refractivity contribution in [2.24, 2.45) is 0 Å². The first-order valence-corrected chi connectivity index (χ1v) is 12.7. The van der Waals surface area contributed by atoms with Crippen molar-refractivity contribution in [3.63, 3.8) is 0 Å². The summed E-state index contributed by atoms with van der Waals surface area (Å²) >= 11 is 0. The third kappa shape index (κ3) is 5.72. The molecule has 1 aliphatic carbocycles. The second-order valence-electron chi connectivity index (χ2n) is 11.1. The van der Waals surface area contributed by atoms with Gasteiger partial charge in [0, 0.05) is 48.9 Å². The van der Waals surface area contributed by atoms with E-state index in [1.165, 1.54) is 12.4 Å². The van der Waals surface area contributed by atoms with Crippen LogP contribution < -0.4 is 10.2 Å². The number of carbonyl (C=O) groups excluding carboxylic acids is 1. The normalized spacial score (nSPS) is 25.2. The van der Waals surface area contributed by atoms with Crippen molar-refractivity contribution in [3.05, 3.63) is 52.7 Å². The fourth-order valence-corrected chi connectivity index (χ4v) is 6.11. The molecular weight excluding hydrogens is 516 g/mol. The van der Waals surface area contributed by atoms with Crippen LogP contribution in [0.25, 0.3) is 0 Å². The van der Waals surface area contributed by atoms with Gasteiger partial charge in [0.1, 0.15) is 18.0 Å². The molecule has 2 unspecified atom stereocenters. The Hall–Kier alpha value is -2.00. The minimum atomic E-state index is -0.553. The number of piperazine rings is 1. The molecule has 5 rings (SSSR count). The zero-order chi connectivity index (χ0) is 24.9. The number of aryl methyl sites for hydroxylation is 1. The van der Waals surface area contributed by atoms with E-state index in [2.05, 4.69) is 41.0 Å². The maximum Gasteiger partial charge on any atom is 0.231 e. The van der Waals surface area contributed by atoms with E-state index in [9.17, 15) is 9.90 Å². The lowest BCUT2D eigenvalue weighted by molar-refractivity contribution is -0.133. The summed E-state index contributed by atoms with van der Waals surface area (Å²) in [6.45, 7) is 10.6. The summed E-state index contributed by atoms with van der Waals surface area (Å²) in [7, 11) is 0. The van der Waals surface area contributed by atoms with Gasteiger partial charge in [-0.25, -0.2) is 14.4 Å².